The van der Waals surface area contributed by atoms with Crippen molar-refractivity contribution < 1.29 is 17.9 Å². The van der Waals surface area contributed by atoms with Crippen LogP contribution in [0.5, 0.6) is 0 Å². The van der Waals surface area contributed by atoms with Crippen LogP contribution in [0.4, 0.5) is 0 Å². The second kappa shape index (κ2) is 6.70. The lowest BCUT2D eigenvalue weighted by Gasteiger charge is -2.32. The Labute approximate surface area is 148 Å². The molecule has 136 valence electrons. The lowest BCUT2D eigenvalue weighted by Crippen LogP contribution is -2.41. The van der Waals surface area contributed by atoms with Gasteiger partial charge in [0.2, 0.25) is 15.9 Å². The third-order valence-corrected chi connectivity index (χ3v) is 7.49. The van der Waals surface area contributed by atoms with Crippen LogP contribution in [0, 0.1) is 5.92 Å². The van der Waals surface area contributed by atoms with Crippen molar-refractivity contribution in [2.45, 2.75) is 37.1 Å². The second-order valence-corrected chi connectivity index (χ2v) is 8.98. The van der Waals surface area contributed by atoms with Crippen molar-refractivity contribution in [2.75, 3.05) is 32.8 Å². The van der Waals surface area contributed by atoms with E-state index >= 15 is 0 Å². The molecular weight excluding hydrogens is 340 g/mol. The molecule has 1 amide bonds. The lowest BCUT2D eigenvalue weighted by atomic mass is 9.98. The average Bonchev–Trinajstić information content (AvgIpc) is 3.33. The monoisotopic (exact) mass is 364 g/mol. The maximum Gasteiger partial charge on any atom is 0.243 e. The number of hydrogen-bond acceptors (Lipinski definition) is 4. The van der Waals surface area contributed by atoms with Gasteiger partial charge in [-0.15, -0.1) is 0 Å². The van der Waals surface area contributed by atoms with E-state index in [2.05, 4.69) is 0 Å². The van der Waals surface area contributed by atoms with Crippen molar-refractivity contribution in [1.29, 1.82) is 0 Å². The summed E-state index contributed by atoms with van der Waals surface area (Å²) in [6, 6.07) is 5.50. The first-order chi connectivity index (χ1) is 12.1. The van der Waals surface area contributed by atoms with Crippen molar-refractivity contribution in [1.82, 2.24) is 9.21 Å². The highest BCUT2D eigenvalue weighted by molar-refractivity contribution is 7.89. The summed E-state index contributed by atoms with van der Waals surface area (Å²) in [6.07, 6.45) is 3.30. The van der Waals surface area contributed by atoms with Crippen LogP contribution in [0.3, 0.4) is 0 Å². The molecule has 0 spiro atoms. The Morgan fingerprint density at radius 3 is 2.68 bits per heavy atom. The highest BCUT2D eigenvalue weighted by Crippen LogP contribution is 2.30. The van der Waals surface area contributed by atoms with Gasteiger partial charge < -0.3 is 9.64 Å². The van der Waals surface area contributed by atoms with Gasteiger partial charge in [-0.1, -0.05) is 12.1 Å². The van der Waals surface area contributed by atoms with Crippen LogP contribution in [-0.2, 0) is 32.5 Å². The molecule has 6 nitrogen and oxygen atoms in total. The quantitative estimate of drug-likeness (QED) is 0.813. The molecule has 3 aliphatic heterocycles. The van der Waals surface area contributed by atoms with Gasteiger partial charge >= 0.3 is 0 Å². The van der Waals surface area contributed by atoms with Crippen LogP contribution in [-0.4, -0.2) is 56.4 Å². The molecule has 2 saturated heterocycles. The molecule has 2 fully saturated rings. The number of sulfonamides is 1. The topological polar surface area (TPSA) is 66.9 Å². The molecule has 0 radical (unpaired) electrons. The maximum absolute atomic E-state index is 13.0. The van der Waals surface area contributed by atoms with Gasteiger partial charge in [0.15, 0.2) is 0 Å². The van der Waals surface area contributed by atoms with E-state index in [0.717, 1.165) is 30.4 Å². The Hall–Kier alpha value is -1.44. The molecule has 1 aromatic rings. The van der Waals surface area contributed by atoms with E-state index < -0.39 is 10.0 Å². The van der Waals surface area contributed by atoms with Gasteiger partial charge in [-0.2, -0.15) is 4.31 Å². The molecule has 0 bridgehead atoms. The molecule has 7 heteroatoms. The van der Waals surface area contributed by atoms with E-state index in [1.54, 1.807) is 10.4 Å². The number of ether oxygens (including phenoxy) is 1. The molecule has 3 heterocycles. The van der Waals surface area contributed by atoms with Gasteiger partial charge in [0.05, 0.1) is 17.4 Å². The summed E-state index contributed by atoms with van der Waals surface area (Å²) in [5, 5.41) is 0. The van der Waals surface area contributed by atoms with Gasteiger partial charge in [0.1, 0.15) is 0 Å². The molecule has 0 aliphatic carbocycles. The normalized spacial score (nSPS) is 24.5. The zero-order valence-corrected chi connectivity index (χ0v) is 15.1. The predicted octanol–water partition coefficient (Wildman–Crippen LogP) is 1.39. The zero-order valence-electron chi connectivity index (χ0n) is 14.3. The number of rotatable bonds is 3. The fourth-order valence-electron chi connectivity index (χ4n) is 4.03. The fourth-order valence-corrected chi connectivity index (χ4v) is 5.81. The molecule has 4 rings (SSSR count). The molecular formula is C18H24N2O4S. The van der Waals surface area contributed by atoms with Crippen molar-refractivity contribution in [3.05, 3.63) is 29.3 Å². The molecule has 1 unspecified atom stereocenters. The number of amides is 1. The number of carbonyl (C=O) groups is 1. The van der Waals surface area contributed by atoms with E-state index in [-0.39, 0.29) is 11.8 Å². The van der Waals surface area contributed by atoms with Crippen LogP contribution in [0.15, 0.2) is 23.1 Å². The molecule has 1 aromatic carbocycles. The van der Waals surface area contributed by atoms with Crippen LogP contribution in [0.2, 0.25) is 0 Å². The van der Waals surface area contributed by atoms with E-state index in [1.807, 2.05) is 17.0 Å². The minimum atomic E-state index is -3.48. The summed E-state index contributed by atoms with van der Waals surface area (Å²) in [7, 11) is -3.48. The van der Waals surface area contributed by atoms with Gasteiger partial charge in [0.25, 0.3) is 0 Å². The minimum Gasteiger partial charge on any atom is -0.381 e. The third-order valence-electron chi connectivity index (χ3n) is 5.50. The lowest BCUT2D eigenvalue weighted by molar-refractivity contribution is -0.136. The molecule has 0 aromatic heterocycles. The summed E-state index contributed by atoms with van der Waals surface area (Å²) in [4.78, 5) is 14.9. The third kappa shape index (κ3) is 3.09. The second-order valence-electron chi connectivity index (χ2n) is 7.08. The van der Waals surface area contributed by atoms with Gasteiger partial charge in [-0.3, -0.25) is 4.79 Å². The Balaban J connectivity index is 1.63. The summed E-state index contributed by atoms with van der Waals surface area (Å²) < 4.78 is 33.0. The average molecular weight is 364 g/mol. The summed E-state index contributed by atoms with van der Waals surface area (Å²) in [6.45, 7) is 3.33. The summed E-state index contributed by atoms with van der Waals surface area (Å²) in [5.41, 5.74) is 1.85. The van der Waals surface area contributed by atoms with E-state index in [1.165, 1.54) is 0 Å². The highest BCUT2D eigenvalue weighted by atomic mass is 32.2. The molecule has 1 atom stereocenters. The number of benzene rings is 1. The predicted molar refractivity (Wildman–Crippen MR) is 92.5 cm³/mol. The molecule has 25 heavy (non-hydrogen) atoms. The number of hydrogen-bond donors (Lipinski definition) is 0. The van der Waals surface area contributed by atoms with Gasteiger partial charge in [0, 0.05) is 32.8 Å². The Kier molecular flexibility index (Phi) is 4.56. The van der Waals surface area contributed by atoms with E-state index in [0.29, 0.717) is 50.7 Å². The van der Waals surface area contributed by atoms with Crippen molar-refractivity contribution in [3.63, 3.8) is 0 Å². The number of nitrogens with zero attached hydrogens (tertiary/aromatic N) is 2. The minimum absolute atomic E-state index is 0.0797. The highest BCUT2D eigenvalue weighted by Gasteiger charge is 2.34. The Morgan fingerprint density at radius 1 is 1.16 bits per heavy atom. The van der Waals surface area contributed by atoms with Crippen molar-refractivity contribution in [3.8, 4) is 0 Å². The van der Waals surface area contributed by atoms with E-state index in [4.69, 9.17) is 4.74 Å². The number of fused-ring (bicyclic) bond motifs is 1. The first-order valence-corrected chi connectivity index (χ1v) is 10.5. The standard InChI is InChI=1S/C18H24N2O4S/c21-18(15-7-11-24-13-15)19-10-6-14-4-3-5-17(16(14)12-19)25(22,23)20-8-1-2-9-20/h3-5,15H,1-2,6-13H2. The van der Waals surface area contributed by atoms with E-state index in [9.17, 15) is 13.2 Å². The molecule has 0 N–H and O–H groups in total. The first-order valence-electron chi connectivity index (χ1n) is 9.05. The van der Waals surface area contributed by atoms with Gasteiger partial charge in [-0.05, 0) is 42.9 Å². The first kappa shape index (κ1) is 17.0. The van der Waals surface area contributed by atoms with Crippen LogP contribution in [0.25, 0.3) is 0 Å². The smallest absolute Gasteiger partial charge is 0.243 e. The number of carbonyl (C=O) groups excluding carboxylic acids is 1. The van der Waals surface area contributed by atoms with Crippen molar-refractivity contribution in [2.24, 2.45) is 5.92 Å². The summed E-state index contributed by atoms with van der Waals surface area (Å²) >= 11 is 0. The fraction of sp³-hybridized carbons (Fsp3) is 0.611. The van der Waals surface area contributed by atoms with Gasteiger partial charge in [-0.25, -0.2) is 8.42 Å². The maximum atomic E-state index is 13.0. The largest absolute Gasteiger partial charge is 0.381 e. The Bertz CT molecular complexity index is 765. The summed E-state index contributed by atoms with van der Waals surface area (Å²) in [5.74, 6) is 0.0143. The SMILES string of the molecule is O=C(C1CCOC1)N1CCc2cccc(S(=O)(=O)N3CCCC3)c2C1. The van der Waals surface area contributed by atoms with Crippen LogP contribution < -0.4 is 0 Å². The van der Waals surface area contributed by atoms with Crippen LogP contribution in [0.1, 0.15) is 30.4 Å². The molecule has 3 aliphatic rings. The van der Waals surface area contributed by atoms with Crippen LogP contribution >= 0.6 is 0 Å². The zero-order chi connectivity index (χ0) is 17.4. The van der Waals surface area contributed by atoms with Crippen molar-refractivity contribution >= 4 is 15.9 Å². The Morgan fingerprint density at radius 2 is 1.96 bits per heavy atom. The molecule has 0 saturated carbocycles.